The van der Waals surface area contributed by atoms with Gasteiger partial charge in [0.25, 0.3) is 0 Å². The summed E-state index contributed by atoms with van der Waals surface area (Å²) in [5.74, 6) is 3.01. The third-order valence-corrected chi connectivity index (χ3v) is 4.81. The van der Waals surface area contributed by atoms with E-state index in [1.807, 2.05) is 25.6 Å². The predicted octanol–water partition coefficient (Wildman–Crippen LogP) is 2.79. The molecule has 0 aromatic carbocycles. The second kappa shape index (κ2) is 9.68. The first-order valence-electron chi connectivity index (χ1n) is 7.09. The fraction of sp³-hybridized carbons (Fsp3) is 0.929. The molecule has 0 aliphatic carbocycles. The Bertz CT molecular complexity index is 236. The topological polar surface area (TPSA) is 55.1 Å². The standard InChI is InChI=1S/C14H30N2OS/c1-5-12(3)11-18-10-8-7-9-14(4,13(15)17)16-6-2/h12,16H,5-11H2,1-4H3,(H2,15,17). The van der Waals surface area contributed by atoms with Crippen LogP contribution >= 0.6 is 11.8 Å². The molecule has 1 amide bonds. The number of carbonyl (C=O) groups is 1. The van der Waals surface area contributed by atoms with E-state index < -0.39 is 5.54 Å². The van der Waals surface area contributed by atoms with Crippen molar-refractivity contribution in [1.82, 2.24) is 5.32 Å². The van der Waals surface area contributed by atoms with Gasteiger partial charge in [0.05, 0.1) is 5.54 Å². The molecule has 0 aromatic rings. The van der Waals surface area contributed by atoms with Crippen LogP contribution in [0.25, 0.3) is 0 Å². The van der Waals surface area contributed by atoms with E-state index in [1.54, 1.807) is 0 Å². The maximum Gasteiger partial charge on any atom is 0.237 e. The fourth-order valence-electron chi connectivity index (χ4n) is 1.77. The third kappa shape index (κ3) is 7.27. The van der Waals surface area contributed by atoms with Crippen molar-refractivity contribution in [2.75, 3.05) is 18.1 Å². The van der Waals surface area contributed by atoms with E-state index >= 15 is 0 Å². The molecule has 3 N–H and O–H groups in total. The van der Waals surface area contributed by atoms with Gasteiger partial charge in [0.15, 0.2) is 0 Å². The third-order valence-electron chi connectivity index (χ3n) is 3.43. The molecule has 0 aliphatic rings. The molecule has 3 nitrogen and oxygen atoms in total. The highest BCUT2D eigenvalue weighted by molar-refractivity contribution is 7.99. The van der Waals surface area contributed by atoms with Gasteiger partial charge in [-0.15, -0.1) is 0 Å². The Morgan fingerprint density at radius 1 is 1.39 bits per heavy atom. The molecule has 0 radical (unpaired) electrons. The quantitative estimate of drug-likeness (QED) is 0.570. The van der Waals surface area contributed by atoms with Crippen molar-refractivity contribution in [2.24, 2.45) is 11.7 Å². The minimum absolute atomic E-state index is 0.239. The Hall–Kier alpha value is -0.220. The molecule has 0 aliphatic heterocycles. The lowest BCUT2D eigenvalue weighted by molar-refractivity contribution is -0.124. The van der Waals surface area contributed by atoms with Gasteiger partial charge < -0.3 is 11.1 Å². The van der Waals surface area contributed by atoms with Crippen LogP contribution in [0.5, 0.6) is 0 Å². The lowest BCUT2D eigenvalue weighted by atomic mass is 9.94. The van der Waals surface area contributed by atoms with Crippen molar-refractivity contribution < 1.29 is 4.79 Å². The Balaban J connectivity index is 3.71. The molecule has 0 bridgehead atoms. The molecule has 2 unspecified atom stereocenters. The smallest absolute Gasteiger partial charge is 0.237 e. The van der Waals surface area contributed by atoms with Crippen LogP contribution < -0.4 is 11.1 Å². The first-order chi connectivity index (χ1) is 8.46. The number of primary amides is 1. The van der Waals surface area contributed by atoms with Crippen LogP contribution in [-0.4, -0.2) is 29.5 Å². The molecule has 0 saturated carbocycles. The number of likely N-dealkylation sites (N-methyl/N-ethyl adjacent to an activating group) is 1. The van der Waals surface area contributed by atoms with Crippen molar-refractivity contribution in [3.8, 4) is 0 Å². The molecule has 0 saturated heterocycles. The number of unbranched alkanes of at least 4 members (excludes halogenated alkanes) is 1. The van der Waals surface area contributed by atoms with Gasteiger partial charge in [-0.1, -0.05) is 33.6 Å². The van der Waals surface area contributed by atoms with Crippen molar-refractivity contribution in [2.45, 2.75) is 58.9 Å². The van der Waals surface area contributed by atoms with Gasteiger partial charge in [-0.3, -0.25) is 4.79 Å². The van der Waals surface area contributed by atoms with Gasteiger partial charge >= 0.3 is 0 Å². The minimum Gasteiger partial charge on any atom is -0.368 e. The summed E-state index contributed by atoms with van der Waals surface area (Å²) in [5.41, 5.74) is 4.92. The second-order valence-corrected chi connectivity index (χ2v) is 6.42. The van der Waals surface area contributed by atoms with Gasteiger partial charge in [0.2, 0.25) is 5.91 Å². The van der Waals surface area contributed by atoms with Crippen LogP contribution in [0.15, 0.2) is 0 Å². The van der Waals surface area contributed by atoms with Crippen LogP contribution in [0.3, 0.4) is 0 Å². The number of hydrogen-bond donors (Lipinski definition) is 2. The first-order valence-corrected chi connectivity index (χ1v) is 8.24. The monoisotopic (exact) mass is 274 g/mol. The SMILES string of the molecule is CCNC(C)(CCCCSCC(C)CC)C(N)=O. The Kier molecular flexibility index (Phi) is 9.56. The van der Waals surface area contributed by atoms with Crippen molar-refractivity contribution in [3.63, 3.8) is 0 Å². The number of nitrogens with one attached hydrogen (secondary N) is 1. The summed E-state index contributed by atoms with van der Waals surface area (Å²) < 4.78 is 0. The molecule has 108 valence electrons. The summed E-state index contributed by atoms with van der Waals surface area (Å²) in [4.78, 5) is 11.4. The average Bonchev–Trinajstić information content (AvgIpc) is 2.33. The molecule has 4 heteroatoms. The van der Waals surface area contributed by atoms with Crippen molar-refractivity contribution in [1.29, 1.82) is 0 Å². The molecule has 18 heavy (non-hydrogen) atoms. The van der Waals surface area contributed by atoms with E-state index in [-0.39, 0.29) is 5.91 Å². The van der Waals surface area contributed by atoms with Gasteiger partial charge in [0, 0.05) is 0 Å². The summed E-state index contributed by atoms with van der Waals surface area (Å²) >= 11 is 2.02. The number of thioether (sulfide) groups is 1. The average molecular weight is 274 g/mol. The highest BCUT2D eigenvalue weighted by atomic mass is 32.2. The molecule has 2 atom stereocenters. The Morgan fingerprint density at radius 3 is 2.56 bits per heavy atom. The number of carbonyl (C=O) groups excluding carboxylic acids is 1. The van der Waals surface area contributed by atoms with Gasteiger partial charge in [-0.25, -0.2) is 0 Å². The maximum absolute atomic E-state index is 11.4. The zero-order valence-electron chi connectivity index (χ0n) is 12.4. The largest absolute Gasteiger partial charge is 0.368 e. The van der Waals surface area contributed by atoms with Crippen LogP contribution in [0.2, 0.25) is 0 Å². The second-order valence-electron chi connectivity index (χ2n) is 5.27. The van der Waals surface area contributed by atoms with Gasteiger partial charge in [-0.05, 0) is 43.7 Å². The first kappa shape index (κ1) is 17.8. The Morgan fingerprint density at radius 2 is 2.06 bits per heavy atom. The Labute approximate surface area is 117 Å². The number of rotatable bonds is 11. The molecule has 0 rings (SSSR count). The zero-order valence-corrected chi connectivity index (χ0v) is 13.2. The van der Waals surface area contributed by atoms with Crippen LogP contribution in [-0.2, 0) is 4.79 Å². The van der Waals surface area contributed by atoms with Crippen LogP contribution in [0.1, 0.15) is 53.4 Å². The van der Waals surface area contributed by atoms with E-state index in [2.05, 4.69) is 19.2 Å². The normalized spacial score (nSPS) is 16.2. The summed E-state index contributed by atoms with van der Waals surface area (Å²) in [6, 6.07) is 0. The lowest BCUT2D eigenvalue weighted by Crippen LogP contribution is -2.52. The molecular formula is C14H30N2OS. The fourth-order valence-corrected chi connectivity index (χ4v) is 2.99. The predicted molar refractivity (Wildman–Crippen MR) is 81.9 cm³/mol. The highest BCUT2D eigenvalue weighted by Crippen LogP contribution is 2.17. The van der Waals surface area contributed by atoms with Crippen LogP contribution in [0.4, 0.5) is 0 Å². The van der Waals surface area contributed by atoms with Gasteiger partial charge in [0.1, 0.15) is 0 Å². The summed E-state index contributed by atoms with van der Waals surface area (Å²) in [7, 11) is 0. The van der Waals surface area contributed by atoms with E-state index in [9.17, 15) is 4.79 Å². The van der Waals surface area contributed by atoms with Crippen molar-refractivity contribution in [3.05, 3.63) is 0 Å². The summed E-state index contributed by atoms with van der Waals surface area (Å²) in [6.07, 6.45) is 4.31. The zero-order chi connectivity index (χ0) is 14.0. The molecular weight excluding hydrogens is 244 g/mol. The number of nitrogens with two attached hydrogens (primary N) is 1. The lowest BCUT2D eigenvalue weighted by Gasteiger charge is -2.26. The summed E-state index contributed by atoms with van der Waals surface area (Å²) in [6.45, 7) is 9.22. The molecule has 0 fully saturated rings. The van der Waals surface area contributed by atoms with Crippen molar-refractivity contribution >= 4 is 17.7 Å². The number of hydrogen-bond acceptors (Lipinski definition) is 3. The minimum atomic E-state index is -0.532. The van der Waals surface area contributed by atoms with Gasteiger partial charge in [-0.2, -0.15) is 11.8 Å². The van der Waals surface area contributed by atoms with E-state index in [4.69, 9.17) is 5.73 Å². The van der Waals surface area contributed by atoms with Crippen LogP contribution in [0, 0.1) is 5.92 Å². The van der Waals surface area contributed by atoms with E-state index in [0.717, 1.165) is 31.7 Å². The molecule has 0 aromatic heterocycles. The molecule has 0 spiro atoms. The van der Waals surface area contributed by atoms with E-state index in [1.165, 1.54) is 17.9 Å². The maximum atomic E-state index is 11.4. The summed E-state index contributed by atoms with van der Waals surface area (Å²) in [5, 5.41) is 3.20. The number of amides is 1. The highest BCUT2D eigenvalue weighted by Gasteiger charge is 2.28. The van der Waals surface area contributed by atoms with E-state index in [0.29, 0.717) is 0 Å². The molecule has 0 heterocycles.